The molecule has 0 atom stereocenters. The van der Waals surface area contributed by atoms with Crippen molar-refractivity contribution in [2.75, 3.05) is 39.3 Å². The number of nitrogens with zero attached hydrogens (tertiary/aromatic N) is 3. The van der Waals surface area contributed by atoms with Gasteiger partial charge >= 0.3 is 6.09 Å². The summed E-state index contributed by atoms with van der Waals surface area (Å²) in [5, 5.41) is 4.21. The number of likely N-dealkylation sites (N-methyl/N-ethyl adjacent to an activating group) is 1. The summed E-state index contributed by atoms with van der Waals surface area (Å²) in [7, 11) is 0. The average Bonchev–Trinajstić information content (AvgIpc) is 3.03. The Morgan fingerprint density at radius 2 is 1.93 bits per heavy atom. The number of aryl methyl sites for hydroxylation is 1. The van der Waals surface area contributed by atoms with Crippen molar-refractivity contribution < 1.29 is 18.7 Å². The van der Waals surface area contributed by atoms with E-state index in [1.54, 1.807) is 6.92 Å². The molecule has 2 amide bonds. The van der Waals surface area contributed by atoms with Crippen LogP contribution in [0.4, 0.5) is 4.79 Å². The summed E-state index contributed by atoms with van der Waals surface area (Å²) in [5.74, 6) is 1.12. The summed E-state index contributed by atoms with van der Waals surface area (Å²) >= 11 is 0. The zero-order valence-corrected chi connectivity index (χ0v) is 16.3. The summed E-state index contributed by atoms with van der Waals surface area (Å²) in [6, 6.07) is 0. The van der Waals surface area contributed by atoms with Crippen LogP contribution in [0.1, 0.15) is 54.1 Å². The maximum atomic E-state index is 13.0. The number of amides is 2. The lowest BCUT2D eigenvalue weighted by molar-refractivity contribution is 0.0609. The predicted octanol–water partition coefficient (Wildman–Crippen LogP) is 2.15. The number of nitrogens with one attached hydrogen (secondary N) is 1. The predicted molar refractivity (Wildman–Crippen MR) is 101 cm³/mol. The van der Waals surface area contributed by atoms with Crippen molar-refractivity contribution in [3.8, 4) is 0 Å². The molecular formula is C19H28N4O4. The van der Waals surface area contributed by atoms with Crippen molar-refractivity contribution in [3.05, 3.63) is 22.6 Å². The number of carbonyl (C=O) groups excluding carboxylic acids is 2. The molecule has 0 bridgehead atoms. The van der Waals surface area contributed by atoms with Crippen LogP contribution < -0.4 is 5.43 Å². The van der Waals surface area contributed by atoms with E-state index in [4.69, 9.17) is 9.15 Å². The molecule has 2 aliphatic rings. The second-order valence-electron chi connectivity index (χ2n) is 6.83. The maximum absolute atomic E-state index is 13.0. The van der Waals surface area contributed by atoms with E-state index in [1.165, 1.54) is 0 Å². The van der Waals surface area contributed by atoms with E-state index >= 15 is 0 Å². The van der Waals surface area contributed by atoms with Crippen LogP contribution in [0.5, 0.6) is 0 Å². The van der Waals surface area contributed by atoms with Crippen LogP contribution in [0.3, 0.4) is 0 Å². The number of carbonyl (C=O) groups is 2. The fourth-order valence-electron chi connectivity index (χ4n) is 3.67. The topological polar surface area (TPSA) is 87.4 Å². The fourth-order valence-corrected chi connectivity index (χ4v) is 3.67. The van der Waals surface area contributed by atoms with Gasteiger partial charge in [0.05, 0.1) is 12.3 Å². The van der Waals surface area contributed by atoms with Crippen LogP contribution in [-0.2, 0) is 11.2 Å². The summed E-state index contributed by atoms with van der Waals surface area (Å²) < 4.78 is 10.8. The van der Waals surface area contributed by atoms with Gasteiger partial charge < -0.3 is 19.0 Å². The highest BCUT2D eigenvalue weighted by Crippen LogP contribution is 2.30. The monoisotopic (exact) mass is 376 g/mol. The molecule has 1 aliphatic carbocycles. The number of hydrogen-bond donors (Lipinski definition) is 1. The maximum Gasteiger partial charge on any atom is 0.427 e. The molecule has 1 aromatic rings. The van der Waals surface area contributed by atoms with E-state index < -0.39 is 6.09 Å². The summed E-state index contributed by atoms with van der Waals surface area (Å²) in [6.45, 7) is 10.3. The lowest BCUT2D eigenvalue weighted by Crippen LogP contribution is -2.48. The van der Waals surface area contributed by atoms with Crippen molar-refractivity contribution in [1.29, 1.82) is 0 Å². The van der Waals surface area contributed by atoms with Gasteiger partial charge in [0.25, 0.3) is 5.91 Å². The smallest absolute Gasteiger partial charge is 0.427 e. The fraction of sp³-hybridized carbons (Fsp3) is 0.632. The van der Waals surface area contributed by atoms with Crippen molar-refractivity contribution in [3.63, 3.8) is 0 Å². The SMILES string of the molecule is CCOC(=O)N/N=C1\CCCc2oc(C(=O)N3CCN(CC)CC3)c(C)c21. The normalized spacial score (nSPS) is 19.1. The van der Waals surface area contributed by atoms with Gasteiger partial charge in [-0.15, -0.1) is 0 Å². The molecule has 1 aromatic heterocycles. The van der Waals surface area contributed by atoms with E-state index in [-0.39, 0.29) is 12.5 Å². The van der Waals surface area contributed by atoms with Gasteiger partial charge in [-0.3, -0.25) is 4.79 Å². The highest BCUT2D eigenvalue weighted by Gasteiger charge is 2.31. The average molecular weight is 376 g/mol. The minimum atomic E-state index is -0.580. The highest BCUT2D eigenvalue weighted by atomic mass is 16.5. The van der Waals surface area contributed by atoms with Gasteiger partial charge in [-0.25, -0.2) is 10.2 Å². The summed E-state index contributed by atoms with van der Waals surface area (Å²) in [5.41, 5.74) is 4.81. The lowest BCUT2D eigenvalue weighted by atomic mass is 9.93. The van der Waals surface area contributed by atoms with Crippen molar-refractivity contribution >= 4 is 17.7 Å². The molecule has 148 valence electrons. The molecule has 0 aromatic carbocycles. The Hall–Kier alpha value is -2.35. The first kappa shape index (κ1) is 19.4. The molecule has 0 saturated carbocycles. The molecule has 1 aliphatic heterocycles. The Kier molecular flexibility index (Phi) is 6.15. The van der Waals surface area contributed by atoms with Crippen molar-refractivity contribution in [1.82, 2.24) is 15.2 Å². The number of rotatable bonds is 4. The Labute approximate surface area is 159 Å². The van der Waals surface area contributed by atoms with E-state index in [1.807, 2.05) is 11.8 Å². The third-order valence-electron chi connectivity index (χ3n) is 5.18. The van der Waals surface area contributed by atoms with Gasteiger partial charge in [0.15, 0.2) is 5.76 Å². The Morgan fingerprint density at radius 3 is 2.59 bits per heavy atom. The quantitative estimate of drug-likeness (QED) is 0.814. The lowest BCUT2D eigenvalue weighted by Gasteiger charge is -2.33. The van der Waals surface area contributed by atoms with Gasteiger partial charge in [0.2, 0.25) is 0 Å². The van der Waals surface area contributed by atoms with Crippen LogP contribution >= 0.6 is 0 Å². The molecule has 3 rings (SSSR count). The zero-order chi connectivity index (χ0) is 19.4. The first-order chi connectivity index (χ1) is 13.0. The largest absolute Gasteiger partial charge is 0.455 e. The van der Waals surface area contributed by atoms with E-state index in [2.05, 4.69) is 22.4 Å². The summed E-state index contributed by atoms with van der Waals surface area (Å²) in [6.07, 6.45) is 1.78. The highest BCUT2D eigenvalue weighted by molar-refractivity contribution is 6.06. The first-order valence-electron chi connectivity index (χ1n) is 9.68. The molecule has 1 N–H and O–H groups in total. The molecule has 0 radical (unpaired) electrons. The second-order valence-corrected chi connectivity index (χ2v) is 6.83. The number of piperazine rings is 1. The molecule has 27 heavy (non-hydrogen) atoms. The number of fused-ring (bicyclic) bond motifs is 1. The van der Waals surface area contributed by atoms with Crippen LogP contribution in [0.25, 0.3) is 0 Å². The van der Waals surface area contributed by atoms with Crippen LogP contribution in [0, 0.1) is 6.92 Å². The molecule has 1 saturated heterocycles. The van der Waals surface area contributed by atoms with Gasteiger partial charge in [-0.05, 0) is 33.2 Å². The second kappa shape index (κ2) is 8.56. The van der Waals surface area contributed by atoms with Gasteiger partial charge in [0.1, 0.15) is 5.76 Å². The first-order valence-corrected chi connectivity index (χ1v) is 9.68. The molecule has 8 nitrogen and oxygen atoms in total. The standard InChI is InChI=1S/C19H28N4O4/c1-4-22-9-11-23(12-10-22)18(24)17-13(3)16-14(7-6-8-15(16)27-17)20-21-19(25)26-5-2/h4-12H2,1-3H3,(H,21,25)/b20-14+. The number of furan rings is 1. The minimum Gasteiger partial charge on any atom is -0.455 e. The molecule has 0 spiro atoms. The van der Waals surface area contributed by atoms with Crippen LogP contribution in [-0.4, -0.2) is 66.8 Å². The van der Waals surface area contributed by atoms with Gasteiger partial charge in [-0.1, -0.05) is 6.92 Å². The number of hydrogen-bond acceptors (Lipinski definition) is 6. The van der Waals surface area contributed by atoms with Crippen LogP contribution in [0.2, 0.25) is 0 Å². The number of hydrazone groups is 1. The van der Waals surface area contributed by atoms with Gasteiger partial charge in [-0.2, -0.15) is 5.10 Å². The Morgan fingerprint density at radius 1 is 1.19 bits per heavy atom. The Balaban J connectivity index is 1.79. The number of ether oxygens (including phenoxy) is 1. The van der Waals surface area contributed by atoms with Crippen LogP contribution in [0.15, 0.2) is 9.52 Å². The van der Waals surface area contributed by atoms with E-state index in [9.17, 15) is 9.59 Å². The molecule has 1 fully saturated rings. The van der Waals surface area contributed by atoms with Gasteiger partial charge in [0, 0.05) is 43.7 Å². The third-order valence-corrected chi connectivity index (χ3v) is 5.18. The van der Waals surface area contributed by atoms with E-state index in [0.717, 1.165) is 61.5 Å². The molecule has 8 heteroatoms. The van der Waals surface area contributed by atoms with E-state index in [0.29, 0.717) is 18.8 Å². The third kappa shape index (κ3) is 4.16. The molecule has 2 heterocycles. The molecular weight excluding hydrogens is 348 g/mol. The molecule has 0 unspecified atom stereocenters. The summed E-state index contributed by atoms with van der Waals surface area (Å²) in [4.78, 5) is 28.7. The minimum absolute atomic E-state index is 0.0599. The van der Waals surface area contributed by atoms with Crippen molar-refractivity contribution in [2.45, 2.75) is 40.0 Å². The zero-order valence-electron chi connectivity index (χ0n) is 16.3. The Bertz CT molecular complexity index is 732. The van der Waals surface area contributed by atoms with Crippen molar-refractivity contribution in [2.24, 2.45) is 5.10 Å².